The van der Waals surface area contributed by atoms with Crippen molar-refractivity contribution in [1.82, 2.24) is 15.1 Å². The molecule has 2 N–H and O–H groups in total. The molecule has 0 amide bonds. The molecule has 0 radical (unpaired) electrons. The van der Waals surface area contributed by atoms with Crippen LogP contribution in [-0.2, 0) is 0 Å². The molecule has 19 heavy (non-hydrogen) atoms. The summed E-state index contributed by atoms with van der Waals surface area (Å²) < 4.78 is 5.20. The predicted molar refractivity (Wildman–Crippen MR) is 72.4 cm³/mol. The molecule has 2 heterocycles. The molecule has 0 atom stereocenters. The van der Waals surface area contributed by atoms with Crippen LogP contribution in [0.5, 0.6) is 0 Å². The average molecular weight is 273 g/mol. The summed E-state index contributed by atoms with van der Waals surface area (Å²) in [7, 11) is 0. The topological polar surface area (TPSA) is 77.8 Å². The number of benzene rings is 1. The zero-order chi connectivity index (χ0) is 13.2. The van der Waals surface area contributed by atoms with Crippen molar-refractivity contribution in [3.8, 4) is 22.8 Å². The van der Waals surface area contributed by atoms with Gasteiger partial charge >= 0.3 is 0 Å². The van der Waals surface area contributed by atoms with Gasteiger partial charge in [-0.1, -0.05) is 28.9 Å². The van der Waals surface area contributed by atoms with Crippen molar-refractivity contribution in [1.29, 1.82) is 0 Å². The summed E-state index contributed by atoms with van der Waals surface area (Å²) in [6.45, 7) is 0. The number of nitrogens with zero attached hydrogens (tertiary/aromatic N) is 3. The van der Waals surface area contributed by atoms with Gasteiger partial charge in [0, 0.05) is 23.0 Å². The molecule has 2 aromatic heterocycles. The van der Waals surface area contributed by atoms with Crippen LogP contribution in [0.2, 0.25) is 5.02 Å². The number of nitrogens with two attached hydrogens (primary N) is 1. The Balaban J connectivity index is 2.00. The highest BCUT2D eigenvalue weighted by molar-refractivity contribution is 6.30. The maximum Gasteiger partial charge on any atom is 0.259 e. The Morgan fingerprint density at radius 2 is 2.00 bits per heavy atom. The average Bonchev–Trinajstić information content (AvgIpc) is 2.88. The van der Waals surface area contributed by atoms with Gasteiger partial charge in [-0.3, -0.25) is 4.98 Å². The zero-order valence-electron chi connectivity index (χ0n) is 9.75. The van der Waals surface area contributed by atoms with Crippen molar-refractivity contribution in [2.75, 3.05) is 5.73 Å². The van der Waals surface area contributed by atoms with Crippen LogP contribution in [0.15, 0.2) is 47.2 Å². The van der Waals surface area contributed by atoms with Crippen LogP contribution in [0.3, 0.4) is 0 Å². The Kier molecular flexibility index (Phi) is 2.89. The van der Waals surface area contributed by atoms with E-state index in [1.165, 1.54) is 0 Å². The Labute approximate surface area is 114 Å². The van der Waals surface area contributed by atoms with Crippen molar-refractivity contribution >= 4 is 17.3 Å². The number of rotatable bonds is 2. The number of aromatic nitrogens is 3. The molecule has 0 unspecified atom stereocenters. The van der Waals surface area contributed by atoms with Crippen molar-refractivity contribution in [3.63, 3.8) is 0 Å². The van der Waals surface area contributed by atoms with E-state index in [0.29, 0.717) is 28.0 Å². The van der Waals surface area contributed by atoms with E-state index in [1.54, 1.807) is 30.6 Å². The second kappa shape index (κ2) is 4.70. The van der Waals surface area contributed by atoms with E-state index in [0.717, 1.165) is 5.56 Å². The molecule has 0 saturated carbocycles. The normalized spacial score (nSPS) is 10.6. The second-order valence-electron chi connectivity index (χ2n) is 3.94. The highest BCUT2D eigenvalue weighted by Crippen LogP contribution is 2.24. The third-order valence-electron chi connectivity index (χ3n) is 2.52. The standard InChI is InChI=1S/C13H9ClN4O/c14-10-3-1-2-8(4-10)12-17-13(19-18-12)9-5-11(15)7-16-6-9/h1-7H,15H2. The zero-order valence-corrected chi connectivity index (χ0v) is 10.5. The van der Waals surface area contributed by atoms with Crippen molar-refractivity contribution in [3.05, 3.63) is 47.7 Å². The summed E-state index contributed by atoms with van der Waals surface area (Å²) in [5.74, 6) is 0.842. The maximum absolute atomic E-state index is 5.93. The van der Waals surface area contributed by atoms with Crippen LogP contribution in [0.25, 0.3) is 22.8 Å². The molecule has 0 bridgehead atoms. The quantitative estimate of drug-likeness (QED) is 0.776. The van der Waals surface area contributed by atoms with E-state index in [9.17, 15) is 0 Å². The van der Waals surface area contributed by atoms with E-state index in [2.05, 4.69) is 15.1 Å². The Morgan fingerprint density at radius 1 is 1.11 bits per heavy atom. The summed E-state index contributed by atoms with van der Waals surface area (Å²) in [5.41, 5.74) is 7.68. The summed E-state index contributed by atoms with van der Waals surface area (Å²) in [6.07, 6.45) is 3.17. The van der Waals surface area contributed by atoms with Crippen LogP contribution in [0.1, 0.15) is 0 Å². The molecule has 0 aliphatic rings. The monoisotopic (exact) mass is 272 g/mol. The van der Waals surface area contributed by atoms with E-state index in [1.807, 2.05) is 12.1 Å². The number of hydrogen-bond acceptors (Lipinski definition) is 5. The third-order valence-corrected chi connectivity index (χ3v) is 2.75. The van der Waals surface area contributed by atoms with E-state index in [4.69, 9.17) is 21.9 Å². The third kappa shape index (κ3) is 2.41. The van der Waals surface area contributed by atoms with Gasteiger partial charge in [0.2, 0.25) is 5.82 Å². The van der Waals surface area contributed by atoms with Crippen molar-refractivity contribution < 1.29 is 4.52 Å². The lowest BCUT2D eigenvalue weighted by atomic mass is 10.2. The van der Waals surface area contributed by atoms with Crippen LogP contribution >= 0.6 is 11.6 Å². The number of pyridine rings is 1. The molecule has 0 aliphatic heterocycles. The Morgan fingerprint density at radius 3 is 2.79 bits per heavy atom. The van der Waals surface area contributed by atoms with Crippen LogP contribution in [0, 0.1) is 0 Å². The summed E-state index contributed by atoms with van der Waals surface area (Å²) in [5, 5.41) is 4.54. The molecule has 6 heteroatoms. The first-order chi connectivity index (χ1) is 9.22. The van der Waals surface area contributed by atoms with Gasteiger partial charge in [-0.25, -0.2) is 0 Å². The number of hydrogen-bond donors (Lipinski definition) is 1. The molecule has 5 nitrogen and oxygen atoms in total. The smallest absolute Gasteiger partial charge is 0.259 e. The van der Waals surface area contributed by atoms with Gasteiger partial charge in [0.1, 0.15) is 0 Å². The Hall–Kier alpha value is -2.40. The first-order valence-corrected chi connectivity index (χ1v) is 5.91. The van der Waals surface area contributed by atoms with Gasteiger partial charge in [-0.05, 0) is 18.2 Å². The molecule has 3 rings (SSSR count). The summed E-state index contributed by atoms with van der Waals surface area (Å²) in [6, 6.07) is 8.97. The highest BCUT2D eigenvalue weighted by atomic mass is 35.5. The number of anilines is 1. The summed E-state index contributed by atoms with van der Waals surface area (Å²) >= 11 is 5.93. The maximum atomic E-state index is 5.93. The molecule has 0 saturated heterocycles. The van der Waals surface area contributed by atoms with Crippen LogP contribution < -0.4 is 5.73 Å². The molecular weight excluding hydrogens is 264 g/mol. The molecular formula is C13H9ClN4O. The van der Waals surface area contributed by atoms with Gasteiger partial charge in [0.15, 0.2) is 0 Å². The molecule has 0 fully saturated rings. The van der Waals surface area contributed by atoms with Crippen molar-refractivity contribution in [2.45, 2.75) is 0 Å². The van der Waals surface area contributed by atoms with Gasteiger partial charge < -0.3 is 10.3 Å². The largest absolute Gasteiger partial charge is 0.397 e. The fraction of sp³-hybridized carbons (Fsp3) is 0. The van der Waals surface area contributed by atoms with E-state index in [-0.39, 0.29) is 0 Å². The SMILES string of the molecule is Nc1cncc(-c2nc(-c3cccc(Cl)c3)no2)c1. The lowest BCUT2D eigenvalue weighted by Gasteiger charge is -1.95. The number of nitrogen functional groups attached to an aromatic ring is 1. The van der Waals surface area contributed by atoms with Crippen LogP contribution in [0.4, 0.5) is 5.69 Å². The fourth-order valence-electron chi connectivity index (χ4n) is 1.66. The molecule has 0 spiro atoms. The minimum absolute atomic E-state index is 0.370. The minimum Gasteiger partial charge on any atom is -0.397 e. The first-order valence-electron chi connectivity index (χ1n) is 5.53. The van der Waals surface area contributed by atoms with Crippen LogP contribution in [-0.4, -0.2) is 15.1 Å². The molecule has 1 aromatic carbocycles. The number of halogens is 1. The highest BCUT2D eigenvalue weighted by Gasteiger charge is 2.11. The van der Waals surface area contributed by atoms with Crippen molar-refractivity contribution in [2.24, 2.45) is 0 Å². The molecule has 3 aromatic rings. The van der Waals surface area contributed by atoms with Gasteiger partial charge in [-0.2, -0.15) is 4.98 Å². The second-order valence-corrected chi connectivity index (χ2v) is 4.38. The molecule has 94 valence electrons. The fourth-order valence-corrected chi connectivity index (χ4v) is 1.85. The van der Waals surface area contributed by atoms with Gasteiger partial charge in [0.25, 0.3) is 5.89 Å². The Bertz CT molecular complexity index is 666. The minimum atomic E-state index is 0.370. The lowest BCUT2D eigenvalue weighted by Crippen LogP contribution is -1.87. The van der Waals surface area contributed by atoms with Gasteiger partial charge in [0.05, 0.1) is 11.3 Å². The summed E-state index contributed by atoms with van der Waals surface area (Å²) in [4.78, 5) is 8.28. The lowest BCUT2D eigenvalue weighted by molar-refractivity contribution is 0.432. The van der Waals surface area contributed by atoms with Gasteiger partial charge in [-0.15, -0.1) is 0 Å². The first kappa shape index (κ1) is 11.7. The van der Waals surface area contributed by atoms with E-state index < -0.39 is 0 Å². The molecule has 0 aliphatic carbocycles. The van der Waals surface area contributed by atoms with E-state index >= 15 is 0 Å². The predicted octanol–water partition coefficient (Wildman–Crippen LogP) is 3.03.